The van der Waals surface area contributed by atoms with Crippen molar-refractivity contribution >= 4 is 0 Å². The maximum atomic E-state index is 12.5. The smallest absolute Gasteiger partial charge is 0.390 e. The highest BCUT2D eigenvalue weighted by molar-refractivity contribution is 5.44. The number of fused-ring (bicyclic) bond motifs is 1. The topological polar surface area (TPSA) is 30.5 Å². The maximum Gasteiger partial charge on any atom is 0.390 e. The molecule has 1 aromatic rings. The van der Waals surface area contributed by atoms with Crippen LogP contribution in [0.1, 0.15) is 24.4 Å². The Hall–Kier alpha value is -1.43. The minimum Gasteiger partial charge on any atom is -0.490 e. The molecule has 0 fully saturated rings. The zero-order chi connectivity index (χ0) is 13.9. The Morgan fingerprint density at radius 3 is 2.53 bits per heavy atom. The number of benzene rings is 1. The van der Waals surface area contributed by atoms with Crippen LogP contribution >= 0.6 is 0 Å². The van der Waals surface area contributed by atoms with E-state index in [9.17, 15) is 13.2 Å². The molecule has 2 rings (SSSR count). The quantitative estimate of drug-likeness (QED) is 0.919. The van der Waals surface area contributed by atoms with E-state index in [1.165, 1.54) is 7.05 Å². The van der Waals surface area contributed by atoms with Crippen LogP contribution in [0.4, 0.5) is 13.2 Å². The van der Waals surface area contributed by atoms with E-state index in [0.717, 1.165) is 6.42 Å². The number of nitrogens with one attached hydrogen (secondary N) is 1. The molecule has 1 atom stereocenters. The summed E-state index contributed by atoms with van der Waals surface area (Å²) in [6.07, 6.45) is -4.36. The minimum atomic E-state index is -4.21. The van der Waals surface area contributed by atoms with Gasteiger partial charge < -0.3 is 14.8 Å². The summed E-state index contributed by atoms with van der Waals surface area (Å²) in [5.41, 5.74) is 0.545. The number of alkyl halides is 3. The van der Waals surface area contributed by atoms with Crippen molar-refractivity contribution in [1.29, 1.82) is 0 Å². The summed E-state index contributed by atoms with van der Waals surface area (Å²) >= 11 is 0. The predicted octanol–water partition coefficient (Wildman–Crippen LogP) is 3.06. The minimum absolute atomic E-state index is 0.512. The van der Waals surface area contributed by atoms with Gasteiger partial charge in [0.15, 0.2) is 11.5 Å². The monoisotopic (exact) mass is 275 g/mol. The van der Waals surface area contributed by atoms with Crippen LogP contribution in [0.5, 0.6) is 11.5 Å². The fourth-order valence-corrected chi connectivity index (χ4v) is 2.01. The molecule has 0 spiro atoms. The Morgan fingerprint density at radius 1 is 1.21 bits per heavy atom. The van der Waals surface area contributed by atoms with Crippen molar-refractivity contribution in [2.45, 2.75) is 25.1 Å². The summed E-state index contributed by atoms with van der Waals surface area (Å²) in [7, 11) is 1.51. The average Bonchev–Trinajstić information content (AvgIpc) is 2.59. The highest BCUT2D eigenvalue weighted by Crippen LogP contribution is 2.35. The van der Waals surface area contributed by atoms with Crippen molar-refractivity contribution < 1.29 is 22.6 Å². The molecule has 1 aromatic carbocycles. The second-order valence-electron chi connectivity index (χ2n) is 4.42. The highest BCUT2D eigenvalue weighted by atomic mass is 19.4. The first kappa shape index (κ1) is 14.0. The molecule has 106 valence electrons. The first-order valence-electron chi connectivity index (χ1n) is 6.13. The Morgan fingerprint density at radius 2 is 1.89 bits per heavy atom. The zero-order valence-electron chi connectivity index (χ0n) is 10.6. The van der Waals surface area contributed by atoms with Crippen molar-refractivity contribution in [2.75, 3.05) is 20.3 Å². The van der Waals surface area contributed by atoms with Gasteiger partial charge in [-0.2, -0.15) is 13.2 Å². The molecule has 1 aliphatic heterocycles. The summed E-state index contributed by atoms with van der Waals surface area (Å²) in [5.74, 6) is 1.10. The van der Waals surface area contributed by atoms with Gasteiger partial charge in [0, 0.05) is 12.5 Å². The molecular formula is C13H16F3NO2. The Kier molecular flexibility index (Phi) is 4.19. The largest absolute Gasteiger partial charge is 0.490 e. The second-order valence-corrected chi connectivity index (χ2v) is 4.42. The van der Waals surface area contributed by atoms with Crippen LogP contribution in [0.25, 0.3) is 0 Å². The van der Waals surface area contributed by atoms with Gasteiger partial charge in [0.25, 0.3) is 0 Å². The fraction of sp³-hybridized carbons (Fsp3) is 0.538. The molecule has 6 heteroatoms. The van der Waals surface area contributed by atoms with E-state index in [-0.39, 0.29) is 0 Å². The summed E-state index contributed by atoms with van der Waals surface area (Å²) < 4.78 is 48.4. The van der Waals surface area contributed by atoms with Gasteiger partial charge in [-0.3, -0.25) is 0 Å². The van der Waals surface area contributed by atoms with Gasteiger partial charge in [0.1, 0.15) is 0 Å². The molecule has 0 saturated carbocycles. The van der Waals surface area contributed by atoms with E-state index in [1.54, 1.807) is 18.2 Å². The Balaban J connectivity index is 2.21. The van der Waals surface area contributed by atoms with Crippen molar-refractivity contribution in [3.63, 3.8) is 0 Å². The molecule has 0 saturated heterocycles. The number of rotatable bonds is 3. The molecule has 1 N–H and O–H groups in total. The molecule has 1 unspecified atom stereocenters. The van der Waals surface area contributed by atoms with Gasteiger partial charge >= 0.3 is 6.18 Å². The number of ether oxygens (including phenoxy) is 2. The molecule has 0 amide bonds. The first-order chi connectivity index (χ1) is 8.99. The molecule has 19 heavy (non-hydrogen) atoms. The van der Waals surface area contributed by atoms with Gasteiger partial charge in [-0.1, -0.05) is 6.07 Å². The Labute approximate surface area is 109 Å². The lowest BCUT2D eigenvalue weighted by Gasteiger charge is -2.19. The fourth-order valence-electron chi connectivity index (χ4n) is 2.01. The third-order valence-corrected chi connectivity index (χ3v) is 2.96. The van der Waals surface area contributed by atoms with Crippen LogP contribution in [-0.4, -0.2) is 26.4 Å². The Bertz CT molecular complexity index is 434. The molecule has 1 aliphatic rings. The molecule has 0 aromatic heterocycles. The zero-order valence-corrected chi connectivity index (χ0v) is 10.6. The summed E-state index contributed by atoms with van der Waals surface area (Å²) in [4.78, 5) is 0. The van der Waals surface area contributed by atoms with Gasteiger partial charge in [-0.25, -0.2) is 0 Å². The lowest BCUT2D eigenvalue weighted by molar-refractivity contribution is -0.140. The lowest BCUT2D eigenvalue weighted by Crippen LogP contribution is -2.23. The van der Waals surface area contributed by atoms with Crippen molar-refractivity contribution in [2.24, 2.45) is 0 Å². The average molecular weight is 275 g/mol. The van der Waals surface area contributed by atoms with E-state index in [2.05, 4.69) is 5.32 Å². The summed E-state index contributed by atoms with van der Waals surface area (Å²) in [6, 6.07) is 4.14. The maximum absolute atomic E-state index is 12.5. The molecule has 0 radical (unpaired) electrons. The standard InChI is InChI=1S/C13H16F3NO2/c1-17-10(8-13(14,15)16)9-3-4-11-12(7-9)19-6-2-5-18-11/h3-4,7,10,17H,2,5-6,8H2,1H3. The normalized spacial score (nSPS) is 16.8. The van der Waals surface area contributed by atoms with Crippen LogP contribution in [0.15, 0.2) is 18.2 Å². The van der Waals surface area contributed by atoms with Crippen LogP contribution in [0.2, 0.25) is 0 Å². The van der Waals surface area contributed by atoms with E-state index >= 15 is 0 Å². The van der Waals surface area contributed by atoms with Gasteiger partial charge in [0.2, 0.25) is 0 Å². The van der Waals surface area contributed by atoms with E-state index in [4.69, 9.17) is 9.47 Å². The second kappa shape index (κ2) is 5.69. The van der Waals surface area contributed by atoms with Crippen LogP contribution in [-0.2, 0) is 0 Å². The van der Waals surface area contributed by atoms with Gasteiger partial charge in [-0.15, -0.1) is 0 Å². The third kappa shape index (κ3) is 3.76. The first-order valence-corrected chi connectivity index (χ1v) is 6.13. The van der Waals surface area contributed by atoms with Crippen molar-refractivity contribution in [3.05, 3.63) is 23.8 Å². The van der Waals surface area contributed by atoms with E-state index in [1.807, 2.05) is 0 Å². The molecule has 0 bridgehead atoms. The summed E-state index contributed by atoms with van der Waals surface area (Å²) in [5, 5.41) is 2.68. The molecule has 1 heterocycles. The van der Waals surface area contributed by atoms with Gasteiger partial charge in [0.05, 0.1) is 19.6 Å². The van der Waals surface area contributed by atoms with Gasteiger partial charge in [-0.05, 0) is 24.7 Å². The van der Waals surface area contributed by atoms with E-state index < -0.39 is 18.6 Å². The lowest BCUT2D eigenvalue weighted by atomic mass is 10.0. The molecular weight excluding hydrogens is 259 g/mol. The highest BCUT2D eigenvalue weighted by Gasteiger charge is 2.32. The summed E-state index contributed by atoms with van der Waals surface area (Å²) in [6.45, 7) is 1.07. The molecule has 0 aliphatic carbocycles. The molecule has 3 nitrogen and oxygen atoms in total. The van der Waals surface area contributed by atoms with Crippen molar-refractivity contribution in [1.82, 2.24) is 5.32 Å². The van der Waals surface area contributed by atoms with Crippen LogP contribution < -0.4 is 14.8 Å². The van der Waals surface area contributed by atoms with E-state index in [0.29, 0.717) is 30.3 Å². The van der Waals surface area contributed by atoms with Crippen LogP contribution in [0.3, 0.4) is 0 Å². The number of hydrogen-bond donors (Lipinski definition) is 1. The third-order valence-electron chi connectivity index (χ3n) is 2.96. The number of hydrogen-bond acceptors (Lipinski definition) is 3. The predicted molar refractivity (Wildman–Crippen MR) is 64.5 cm³/mol. The SMILES string of the molecule is CNC(CC(F)(F)F)c1ccc2c(c1)OCCCO2. The number of halogens is 3. The van der Waals surface area contributed by atoms with Crippen LogP contribution in [0, 0.1) is 0 Å². The van der Waals surface area contributed by atoms with Crippen molar-refractivity contribution in [3.8, 4) is 11.5 Å².